The van der Waals surface area contributed by atoms with E-state index in [-0.39, 0.29) is 6.61 Å². The fraction of sp³-hybridized carbons (Fsp3) is 0.368. The first-order valence-electron chi connectivity index (χ1n) is 7.60. The van der Waals surface area contributed by atoms with Gasteiger partial charge in [0.05, 0.1) is 7.11 Å². The molecule has 0 heterocycles. The van der Waals surface area contributed by atoms with Gasteiger partial charge in [0.25, 0.3) is 0 Å². The fourth-order valence-corrected chi connectivity index (χ4v) is 2.68. The molecule has 0 amide bonds. The van der Waals surface area contributed by atoms with Crippen molar-refractivity contribution in [3.05, 3.63) is 65.7 Å². The third-order valence-electron chi connectivity index (χ3n) is 3.88. The van der Waals surface area contributed by atoms with Gasteiger partial charge >= 0.3 is 0 Å². The SMILES string of the molecule is COc1ccccc1CC(CO)CCCc1ccccc1. The zero-order chi connectivity index (χ0) is 14.9. The Bertz CT molecular complexity index is 522. The number of ether oxygens (including phenoxy) is 1. The summed E-state index contributed by atoms with van der Waals surface area (Å²) in [6, 6.07) is 18.6. The lowest BCUT2D eigenvalue weighted by molar-refractivity contribution is 0.215. The van der Waals surface area contributed by atoms with Crippen LogP contribution in [0.4, 0.5) is 0 Å². The normalized spacial score (nSPS) is 12.1. The molecule has 0 aliphatic heterocycles. The summed E-state index contributed by atoms with van der Waals surface area (Å²) in [5.74, 6) is 1.21. The smallest absolute Gasteiger partial charge is 0.122 e. The number of methoxy groups -OCH3 is 1. The van der Waals surface area contributed by atoms with Crippen LogP contribution in [0.25, 0.3) is 0 Å². The van der Waals surface area contributed by atoms with Crippen LogP contribution < -0.4 is 4.74 Å². The lowest BCUT2D eigenvalue weighted by atomic mass is 9.93. The van der Waals surface area contributed by atoms with E-state index in [1.807, 2.05) is 24.3 Å². The van der Waals surface area contributed by atoms with Crippen LogP contribution in [0.2, 0.25) is 0 Å². The summed E-state index contributed by atoms with van der Waals surface area (Å²) in [4.78, 5) is 0. The Morgan fingerprint density at radius 1 is 1.00 bits per heavy atom. The third-order valence-corrected chi connectivity index (χ3v) is 3.88. The molecule has 112 valence electrons. The van der Waals surface area contributed by atoms with Gasteiger partial charge in [-0.15, -0.1) is 0 Å². The Kier molecular flexibility index (Phi) is 6.29. The Hall–Kier alpha value is -1.80. The first-order valence-corrected chi connectivity index (χ1v) is 7.60. The van der Waals surface area contributed by atoms with E-state index in [2.05, 4.69) is 30.3 Å². The molecule has 0 saturated heterocycles. The summed E-state index contributed by atoms with van der Waals surface area (Å²) < 4.78 is 5.38. The summed E-state index contributed by atoms with van der Waals surface area (Å²) in [6.45, 7) is 0.229. The number of para-hydroxylation sites is 1. The maximum atomic E-state index is 9.61. The summed E-state index contributed by atoms with van der Waals surface area (Å²) in [5, 5.41) is 9.61. The second-order valence-corrected chi connectivity index (χ2v) is 5.44. The van der Waals surface area contributed by atoms with Crippen molar-refractivity contribution in [3.8, 4) is 5.75 Å². The van der Waals surface area contributed by atoms with Gasteiger partial charge in [0.1, 0.15) is 5.75 Å². The number of aliphatic hydroxyl groups excluding tert-OH is 1. The molecule has 0 saturated carbocycles. The summed E-state index contributed by atoms with van der Waals surface area (Å²) in [6.07, 6.45) is 4.08. The zero-order valence-electron chi connectivity index (χ0n) is 12.7. The highest BCUT2D eigenvalue weighted by Crippen LogP contribution is 2.23. The molecule has 21 heavy (non-hydrogen) atoms. The molecule has 2 heteroatoms. The molecule has 0 radical (unpaired) electrons. The average Bonchev–Trinajstić information content (AvgIpc) is 2.55. The van der Waals surface area contributed by atoms with Gasteiger partial charge in [0.2, 0.25) is 0 Å². The van der Waals surface area contributed by atoms with Crippen molar-refractivity contribution in [3.63, 3.8) is 0 Å². The molecule has 0 aliphatic carbocycles. The molecule has 1 N–H and O–H groups in total. The van der Waals surface area contributed by atoms with Gasteiger partial charge in [-0.1, -0.05) is 48.5 Å². The molecule has 0 aromatic heterocycles. The Labute approximate surface area is 127 Å². The first kappa shape index (κ1) is 15.6. The topological polar surface area (TPSA) is 29.5 Å². The minimum atomic E-state index is 0.229. The summed E-state index contributed by atoms with van der Waals surface area (Å²) in [7, 11) is 1.70. The molecule has 0 spiro atoms. The van der Waals surface area contributed by atoms with Gasteiger partial charge in [0.15, 0.2) is 0 Å². The quantitative estimate of drug-likeness (QED) is 0.797. The maximum Gasteiger partial charge on any atom is 0.122 e. The van der Waals surface area contributed by atoms with Crippen molar-refractivity contribution in [2.24, 2.45) is 5.92 Å². The number of aryl methyl sites for hydroxylation is 1. The molecule has 2 nitrogen and oxygen atoms in total. The monoisotopic (exact) mass is 284 g/mol. The molecule has 2 aromatic rings. The Morgan fingerprint density at radius 2 is 1.71 bits per heavy atom. The number of benzene rings is 2. The maximum absolute atomic E-state index is 9.61. The molecule has 1 atom stereocenters. The standard InChI is InChI=1S/C19H24O2/c1-21-19-13-6-5-12-18(19)14-17(15-20)11-7-10-16-8-3-2-4-9-16/h2-6,8-9,12-13,17,20H,7,10-11,14-15H2,1H3. The van der Waals surface area contributed by atoms with Gasteiger partial charge in [-0.3, -0.25) is 0 Å². The molecule has 0 bridgehead atoms. The van der Waals surface area contributed by atoms with E-state index >= 15 is 0 Å². The number of hydrogen-bond donors (Lipinski definition) is 1. The van der Waals surface area contributed by atoms with Crippen LogP contribution in [0, 0.1) is 5.92 Å². The minimum Gasteiger partial charge on any atom is -0.496 e. The fourth-order valence-electron chi connectivity index (χ4n) is 2.68. The molecule has 1 unspecified atom stereocenters. The summed E-state index contributed by atoms with van der Waals surface area (Å²) in [5.41, 5.74) is 2.55. The minimum absolute atomic E-state index is 0.229. The van der Waals surface area contributed by atoms with E-state index in [1.54, 1.807) is 7.11 Å². The molecule has 2 rings (SSSR count). The lowest BCUT2D eigenvalue weighted by Crippen LogP contribution is -2.11. The largest absolute Gasteiger partial charge is 0.496 e. The second-order valence-electron chi connectivity index (χ2n) is 5.44. The van der Waals surface area contributed by atoms with Crippen molar-refractivity contribution < 1.29 is 9.84 Å². The average molecular weight is 284 g/mol. The lowest BCUT2D eigenvalue weighted by Gasteiger charge is -2.16. The number of aliphatic hydroxyl groups is 1. The number of rotatable bonds is 8. The van der Waals surface area contributed by atoms with Crippen LogP contribution in [0.3, 0.4) is 0 Å². The van der Waals surface area contributed by atoms with Crippen molar-refractivity contribution in [1.82, 2.24) is 0 Å². The Morgan fingerprint density at radius 3 is 2.43 bits per heavy atom. The van der Waals surface area contributed by atoms with Gasteiger partial charge in [0, 0.05) is 6.61 Å². The van der Waals surface area contributed by atoms with Crippen LogP contribution in [0.15, 0.2) is 54.6 Å². The predicted molar refractivity (Wildman–Crippen MR) is 86.7 cm³/mol. The first-order chi connectivity index (χ1) is 10.3. The van der Waals surface area contributed by atoms with Crippen molar-refractivity contribution in [2.75, 3.05) is 13.7 Å². The highest BCUT2D eigenvalue weighted by atomic mass is 16.5. The van der Waals surface area contributed by atoms with Crippen molar-refractivity contribution >= 4 is 0 Å². The molecular weight excluding hydrogens is 260 g/mol. The van der Waals surface area contributed by atoms with Gasteiger partial charge < -0.3 is 9.84 Å². The molecule has 2 aromatic carbocycles. The van der Waals surface area contributed by atoms with E-state index < -0.39 is 0 Å². The summed E-state index contributed by atoms with van der Waals surface area (Å²) >= 11 is 0. The van der Waals surface area contributed by atoms with Crippen LogP contribution in [0.1, 0.15) is 24.0 Å². The van der Waals surface area contributed by atoms with Crippen molar-refractivity contribution in [1.29, 1.82) is 0 Å². The molecule has 0 fully saturated rings. The van der Waals surface area contributed by atoms with Gasteiger partial charge in [-0.05, 0) is 48.8 Å². The molecular formula is C19H24O2. The number of hydrogen-bond acceptors (Lipinski definition) is 2. The Balaban J connectivity index is 1.85. The highest BCUT2D eigenvalue weighted by molar-refractivity contribution is 5.33. The van der Waals surface area contributed by atoms with E-state index in [0.717, 1.165) is 31.4 Å². The van der Waals surface area contributed by atoms with Crippen LogP contribution >= 0.6 is 0 Å². The molecule has 0 aliphatic rings. The second kappa shape index (κ2) is 8.48. The van der Waals surface area contributed by atoms with Crippen molar-refractivity contribution in [2.45, 2.75) is 25.7 Å². The highest BCUT2D eigenvalue weighted by Gasteiger charge is 2.11. The van der Waals surface area contributed by atoms with E-state index in [1.165, 1.54) is 11.1 Å². The van der Waals surface area contributed by atoms with Crippen LogP contribution in [-0.2, 0) is 12.8 Å². The van der Waals surface area contributed by atoms with Crippen LogP contribution in [0.5, 0.6) is 5.75 Å². The van der Waals surface area contributed by atoms with Crippen LogP contribution in [-0.4, -0.2) is 18.8 Å². The van der Waals surface area contributed by atoms with Gasteiger partial charge in [-0.25, -0.2) is 0 Å². The van der Waals surface area contributed by atoms with E-state index in [9.17, 15) is 5.11 Å². The van der Waals surface area contributed by atoms with Gasteiger partial charge in [-0.2, -0.15) is 0 Å². The van der Waals surface area contributed by atoms with E-state index in [0.29, 0.717) is 5.92 Å². The zero-order valence-corrected chi connectivity index (χ0v) is 12.7. The van der Waals surface area contributed by atoms with E-state index in [4.69, 9.17) is 4.74 Å². The predicted octanol–water partition coefficient (Wildman–Crippen LogP) is 3.87. The third kappa shape index (κ3) is 4.91.